The second-order valence-corrected chi connectivity index (χ2v) is 6.44. The summed E-state index contributed by atoms with van der Waals surface area (Å²) in [5.41, 5.74) is 9.17. The van der Waals surface area contributed by atoms with E-state index in [2.05, 4.69) is 16.3 Å². The van der Waals surface area contributed by atoms with Gasteiger partial charge < -0.3 is 15.2 Å². The van der Waals surface area contributed by atoms with Crippen LogP contribution in [0.25, 0.3) is 0 Å². The highest BCUT2D eigenvalue weighted by molar-refractivity contribution is 5.55. The second kappa shape index (κ2) is 7.08. The van der Waals surface area contributed by atoms with Gasteiger partial charge in [-0.25, -0.2) is 4.39 Å². The minimum Gasteiger partial charge on any atom is -0.489 e. The molecule has 6 nitrogen and oxygen atoms in total. The summed E-state index contributed by atoms with van der Waals surface area (Å²) < 4.78 is 24.9. The number of aryl methyl sites for hydroxylation is 1. The van der Waals surface area contributed by atoms with Crippen molar-refractivity contribution in [3.63, 3.8) is 0 Å². The Balaban J connectivity index is 1.61. The summed E-state index contributed by atoms with van der Waals surface area (Å²) in [7, 11) is 0. The molecular formula is C21H17FN4O2. The van der Waals surface area contributed by atoms with Crippen molar-refractivity contribution >= 4 is 0 Å². The fourth-order valence-electron chi connectivity index (χ4n) is 3.27. The number of rotatable bonds is 4. The van der Waals surface area contributed by atoms with E-state index in [1.165, 1.54) is 6.07 Å². The number of hydrogen-bond acceptors (Lipinski definition) is 5. The topological polar surface area (TPSA) is 97.0 Å². The van der Waals surface area contributed by atoms with Crippen molar-refractivity contribution in [2.45, 2.75) is 19.4 Å². The van der Waals surface area contributed by atoms with E-state index in [9.17, 15) is 9.65 Å². The highest BCUT2D eigenvalue weighted by atomic mass is 19.1. The molecule has 0 unspecified atom stereocenters. The van der Waals surface area contributed by atoms with Crippen LogP contribution < -0.4 is 15.2 Å². The third-order valence-electron chi connectivity index (χ3n) is 4.70. The Labute approximate surface area is 161 Å². The molecule has 0 fully saturated rings. The number of nitrogens with two attached hydrogens (primary N) is 1. The van der Waals surface area contributed by atoms with E-state index in [0.717, 1.165) is 16.8 Å². The van der Waals surface area contributed by atoms with E-state index < -0.39 is 0 Å². The van der Waals surface area contributed by atoms with Crippen molar-refractivity contribution in [1.82, 2.24) is 10.2 Å². The lowest BCUT2D eigenvalue weighted by molar-refractivity contribution is 0.299. The molecule has 0 aliphatic carbocycles. The second-order valence-electron chi connectivity index (χ2n) is 6.44. The molecule has 0 bridgehead atoms. The summed E-state index contributed by atoms with van der Waals surface area (Å²) in [5, 5.41) is 16.6. The van der Waals surface area contributed by atoms with Gasteiger partial charge in [0.25, 0.3) is 0 Å². The fourth-order valence-corrected chi connectivity index (χ4v) is 3.27. The van der Waals surface area contributed by atoms with Crippen LogP contribution in [0, 0.1) is 24.1 Å². The van der Waals surface area contributed by atoms with Gasteiger partial charge >= 0.3 is 0 Å². The molecule has 4 rings (SSSR count). The van der Waals surface area contributed by atoms with Gasteiger partial charge in [-0.1, -0.05) is 30.3 Å². The minimum atomic E-state index is -0.381. The minimum absolute atomic E-state index is 0.0476. The quantitative estimate of drug-likeness (QED) is 0.724. The van der Waals surface area contributed by atoms with Gasteiger partial charge in [0, 0.05) is 16.8 Å². The van der Waals surface area contributed by atoms with Crippen LogP contribution in [0.2, 0.25) is 0 Å². The van der Waals surface area contributed by atoms with Crippen molar-refractivity contribution in [2.75, 3.05) is 0 Å². The third kappa shape index (κ3) is 3.05. The van der Waals surface area contributed by atoms with Gasteiger partial charge in [-0.15, -0.1) is 5.10 Å². The lowest BCUT2D eigenvalue weighted by Crippen LogP contribution is -2.21. The lowest BCUT2D eigenvalue weighted by Gasteiger charge is -2.23. The lowest BCUT2D eigenvalue weighted by atomic mass is 9.84. The van der Waals surface area contributed by atoms with Gasteiger partial charge in [-0.2, -0.15) is 5.26 Å². The molecule has 1 atom stereocenters. The van der Waals surface area contributed by atoms with Gasteiger partial charge in [0.1, 0.15) is 29.8 Å². The number of fused-ring (bicyclic) bond motifs is 1. The number of hydrogen-bond donors (Lipinski definition) is 2. The van der Waals surface area contributed by atoms with Crippen molar-refractivity contribution in [3.8, 4) is 17.7 Å². The van der Waals surface area contributed by atoms with Gasteiger partial charge in [-0.05, 0) is 30.7 Å². The molecular weight excluding hydrogens is 359 g/mol. The molecule has 0 saturated heterocycles. The number of nitrogens with one attached hydrogen (secondary N) is 1. The van der Waals surface area contributed by atoms with Crippen LogP contribution in [-0.4, -0.2) is 10.2 Å². The molecule has 0 spiro atoms. The summed E-state index contributed by atoms with van der Waals surface area (Å²) in [5.74, 6) is 0.334. The van der Waals surface area contributed by atoms with Crippen LogP contribution in [0.4, 0.5) is 4.39 Å². The standard InChI is InChI=1S/C21H17FN4O2/c1-12-18-19(16(10-23)20(24)28-21(18)26-25-12)13-6-8-15(9-7-13)27-11-14-4-2-3-5-17(14)22/h2-9,19H,11,24H2,1H3,(H,25,26)/t19-/m0/s1. The maximum Gasteiger partial charge on any atom is 0.244 e. The molecule has 2 aromatic carbocycles. The highest BCUT2D eigenvalue weighted by Crippen LogP contribution is 2.42. The molecule has 28 heavy (non-hydrogen) atoms. The third-order valence-corrected chi connectivity index (χ3v) is 4.70. The van der Waals surface area contributed by atoms with Gasteiger partial charge in [0.2, 0.25) is 11.8 Å². The SMILES string of the molecule is Cc1[nH]nc2c1[C@@H](c1ccc(OCc3ccccc3F)cc1)C(C#N)=C(N)O2. The van der Waals surface area contributed by atoms with Crippen LogP contribution in [0.1, 0.15) is 28.3 Å². The number of nitriles is 1. The maximum atomic E-state index is 13.7. The monoisotopic (exact) mass is 376 g/mol. The summed E-state index contributed by atoms with van der Waals surface area (Å²) in [6.45, 7) is 2.00. The highest BCUT2D eigenvalue weighted by Gasteiger charge is 2.34. The van der Waals surface area contributed by atoms with Crippen molar-refractivity contribution in [2.24, 2.45) is 5.73 Å². The number of nitrogens with zero attached hydrogens (tertiary/aromatic N) is 2. The van der Waals surface area contributed by atoms with Gasteiger partial charge in [0.15, 0.2) is 0 Å². The molecule has 0 amide bonds. The number of aromatic amines is 1. The number of aromatic nitrogens is 2. The number of ether oxygens (including phenoxy) is 2. The zero-order valence-corrected chi connectivity index (χ0v) is 15.1. The first-order valence-corrected chi connectivity index (χ1v) is 8.67. The van der Waals surface area contributed by atoms with Crippen molar-refractivity contribution in [3.05, 3.63) is 88.2 Å². The normalized spacial score (nSPS) is 15.5. The molecule has 3 N–H and O–H groups in total. The average Bonchev–Trinajstić information content (AvgIpc) is 3.07. The summed E-state index contributed by atoms with van der Waals surface area (Å²) in [4.78, 5) is 0. The Hall–Kier alpha value is -3.79. The molecule has 0 radical (unpaired) electrons. The Morgan fingerprint density at radius 3 is 2.71 bits per heavy atom. The Morgan fingerprint density at radius 1 is 1.25 bits per heavy atom. The summed E-state index contributed by atoms with van der Waals surface area (Å²) in [6, 6.07) is 15.9. The average molecular weight is 376 g/mol. The fraction of sp³-hybridized carbons (Fsp3) is 0.143. The van der Waals surface area contributed by atoms with E-state index in [1.54, 1.807) is 30.3 Å². The van der Waals surface area contributed by atoms with Gasteiger partial charge in [0.05, 0.1) is 5.92 Å². The molecule has 3 aromatic rings. The Bertz CT molecular complexity index is 1100. The first kappa shape index (κ1) is 17.6. The zero-order chi connectivity index (χ0) is 19.7. The molecule has 1 aliphatic rings. The molecule has 140 valence electrons. The summed E-state index contributed by atoms with van der Waals surface area (Å²) >= 11 is 0. The zero-order valence-electron chi connectivity index (χ0n) is 15.1. The largest absolute Gasteiger partial charge is 0.489 e. The number of benzene rings is 2. The number of halogens is 1. The van der Waals surface area contributed by atoms with Crippen molar-refractivity contribution in [1.29, 1.82) is 5.26 Å². The van der Waals surface area contributed by atoms with E-state index in [-0.39, 0.29) is 24.2 Å². The van der Waals surface area contributed by atoms with Crippen molar-refractivity contribution < 1.29 is 13.9 Å². The first-order valence-electron chi connectivity index (χ1n) is 8.67. The predicted octanol–water partition coefficient (Wildman–Crippen LogP) is 3.65. The van der Waals surface area contributed by atoms with E-state index in [1.807, 2.05) is 19.1 Å². The molecule has 7 heteroatoms. The molecule has 1 aliphatic heterocycles. The van der Waals surface area contributed by atoms with Crippen LogP contribution in [0.3, 0.4) is 0 Å². The molecule has 0 saturated carbocycles. The van der Waals surface area contributed by atoms with Crippen LogP contribution in [0.5, 0.6) is 11.6 Å². The Kier molecular flexibility index (Phi) is 4.45. The van der Waals surface area contributed by atoms with Gasteiger partial charge in [-0.3, -0.25) is 5.10 Å². The number of H-pyrrole nitrogens is 1. The number of allylic oxidation sites excluding steroid dienone is 1. The van der Waals surface area contributed by atoms with Crippen LogP contribution in [0.15, 0.2) is 60.0 Å². The Morgan fingerprint density at radius 2 is 2.00 bits per heavy atom. The molecule has 1 aromatic heterocycles. The van der Waals surface area contributed by atoms with E-state index in [0.29, 0.717) is 22.8 Å². The summed E-state index contributed by atoms with van der Waals surface area (Å²) in [6.07, 6.45) is 0. The van der Waals surface area contributed by atoms with E-state index in [4.69, 9.17) is 15.2 Å². The van der Waals surface area contributed by atoms with E-state index >= 15 is 0 Å². The van der Waals surface area contributed by atoms with Crippen LogP contribution in [-0.2, 0) is 6.61 Å². The smallest absolute Gasteiger partial charge is 0.244 e. The first-order chi connectivity index (χ1) is 13.6. The molecule has 2 heterocycles. The van der Waals surface area contributed by atoms with Crippen LogP contribution >= 0.6 is 0 Å². The maximum absolute atomic E-state index is 13.7. The predicted molar refractivity (Wildman–Crippen MR) is 99.8 cm³/mol.